The second-order valence-corrected chi connectivity index (χ2v) is 8.80. The summed E-state index contributed by atoms with van der Waals surface area (Å²) in [6, 6.07) is 4.13. The minimum Gasteiger partial charge on any atom is -0.377 e. The summed E-state index contributed by atoms with van der Waals surface area (Å²) in [7, 11) is -2.42. The number of hydrogen-bond donors (Lipinski definition) is 2. The number of nitrogens with one attached hydrogen (secondary N) is 2. The average Bonchev–Trinajstić information content (AvgIpc) is 3.17. The highest BCUT2D eigenvalue weighted by Crippen LogP contribution is 2.50. The molecule has 1 aromatic carbocycles. The monoisotopic (exact) mass is 353 g/mol. The Labute approximate surface area is 142 Å². The molecule has 0 heterocycles. The molecule has 2 N–H and O–H groups in total. The Balaban J connectivity index is 1.83. The molecular weight excluding hydrogens is 330 g/mol. The van der Waals surface area contributed by atoms with E-state index < -0.39 is 14.9 Å². The van der Waals surface area contributed by atoms with E-state index in [1.54, 1.807) is 0 Å². The zero-order valence-corrected chi connectivity index (χ0v) is 14.7. The quantitative estimate of drug-likeness (QED) is 0.605. The molecule has 0 aromatic heterocycles. The second kappa shape index (κ2) is 6.33. The van der Waals surface area contributed by atoms with Crippen molar-refractivity contribution in [3.63, 3.8) is 0 Å². The molecule has 24 heavy (non-hydrogen) atoms. The van der Waals surface area contributed by atoms with Crippen molar-refractivity contribution >= 4 is 21.4 Å². The van der Waals surface area contributed by atoms with Crippen LogP contribution in [0.3, 0.4) is 0 Å². The van der Waals surface area contributed by atoms with Crippen LogP contribution in [0.2, 0.25) is 0 Å². The molecular formula is C16H23N3O4S. The van der Waals surface area contributed by atoms with Crippen molar-refractivity contribution in [3.05, 3.63) is 28.3 Å². The molecule has 2 saturated carbocycles. The van der Waals surface area contributed by atoms with Gasteiger partial charge in [0.05, 0.1) is 9.82 Å². The van der Waals surface area contributed by atoms with Gasteiger partial charge in [-0.2, -0.15) is 0 Å². The molecule has 2 aliphatic carbocycles. The number of nitro groups is 1. The third-order valence-corrected chi connectivity index (χ3v) is 6.98. The third kappa shape index (κ3) is 3.12. The third-order valence-electron chi connectivity index (χ3n) is 5.56. The number of benzene rings is 1. The molecule has 4 atom stereocenters. The van der Waals surface area contributed by atoms with Gasteiger partial charge in [-0.1, -0.05) is 6.42 Å². The van der Waals surface area contributed by atoms with Gasteiger partial charge < -0.3 is 5.32 Å². The van der Waals surface area contributed by atoms with E-state index in [1.807, 2.05) is 0 Å². The van der Waals surface area contributed by atoms with Gasteiger partial charge in [-0.25, -0.2) is 13.1 Å². The van der Waals surface area contributed by atoms with E-state index >= 15 is 0 Å². The zero-order valence-electron chi connectivity index (χ0n) is 13.9. The van der Waals surface area contributed by atoms with Gasteiger partial charge in [0.25, 0.3) is 5.69 Å². The lowest BCUT2D eigenvalue weighted by molar-refractivity contribution is -0.384. The maximum absolute atomic E-state index is 11.9. The second-order valence-electron chi connectivity index (χ2n) is 6.92. The summed E-state index contributed by atoms with van der Waals surface area (Å²) >= 11 is 0. The lowest BCUT2D eigenvalue weighted by Gasteiger charge is -2.29. The SMILES string of the molecule is CNS(=O)(=O)c1ccc(N[C@H](C)[C@@H]2C[C@H]3CC[C@H]2C3)c([N+](=O)[O-])c1. The summed E-state index contributed by atoms with van der Waals surface area (Å²) in [5, 5.41) is 14.6. The van der Waals surface area contributed by atoms with Crippen molar-refractivity contribution < 1.29 is 13.3 Å². The highest BCUT2D eigenvalue weighted by molar-refractivity contribution is 7.89. The molecule has 0 spiro atoms. The molecule has 8 heteroatoms. The van der Waals surface area contributed by atoms with E-state index in [1.165, 1.54) is 44.9 Å². The summed E-state index contributed by atoms with van der Waals surface area (Å²) in [5.74, 6) is 2.05. The molecule has 3 rings (SSSR count). The summed E-state index contributed by atoms with van der Waals surface area (Å²) in [6.45, 7) is 2.06. The van der Waals surface area contributed by atoms with Crippen LogP contribution in [0.5, 0.6) is 0 Å². The lowest BCUT2D eigenvalue weighted by Crippen LogP contribution is -2.30. The number of hydrogen-bond acceptors (Lipinski definition) is 5. The first kappa shape index (κ1) is 17.2. The van der Waals surface area contributed by atoms with Crippen LogP contribution in [0, 0.1) is 27.9 Å². The highest BCUT2D eigenvalue weighted by Gasteiger charge is 2.42. The Kier molecular flexibility index (Phi) is 4.52. The predicted octanol–water partition coefficient (Wildman–Crippen LogP) is 2.74. The maximum Gasteiger partial charge on any atom is 0.293 e. The van der Waals surface area contributed by atoms with Gasteiger partial charge in [-0.15, -0.1) is 0 Å². The Morgan fingerprint density at radius 2 is 2.04 bits per heavy atom. The van der Waals surface area contributed by atoms with Crippen LogP contribution in [0.25, 0.3) is 0 Å². The van der Waals surface area contributed by atoms with Crippen LogP contribution >= 0.6 is 0 Å². The van der Waals surface area contributed by atoms with Gasteiger partial charge in [0.15, 0.2) is 0 Å². The first-order chi connectivity index (χ1) is 11.3. The molecule has 132 valence electrons. The number of sulfonamides is 1. The predicted molar refractivity (Wildman–Crippen MR) is 91.4 cm³/mol. The minimum atomic E-state index is -3.70. The average molecular weight is 353 g/mol. The summed E-state index contributed by atoms with van der Waals surface area (Å²) in [4.78, 5) is 10.7. The summed E-state index contributed by atoms with van der Waals surface area (Å²) in [5.41, 5.74) is 0.173. The summed E-state index contributed by atoms with van der Waals surface area (Å²) in [6.07, 6.45) is 5.02. The van der Waals surface area contributed by atoms with Crippen molar-refractivity contribution in [3.8, 4) is 0 Å². The van der Waals surface area contributed by atoms with Crippen LogP contribution < -0.4 is 10.0 Å². The maximum atomic E-state index is 11.9. The largest absolute Gasteiger partial charge is 0.377 e. The smallest absolute Gasteiger partial charge is 0.293 e. The first-order valence-electron chi connectivity index (χ1n) is 8.30. The van der Waals surface area contributed by atoms with Crippen LogP contribution in [0.1, 0.15) is 32.6 Å². The number of nitro benzene ring substituents is 1. The fraction of sp³-hybridized carbons (Fsp3) is 0.625. The van der Waals surface area contributed by atoms with Gasteiger partial charge in [0, 0.05) is 12.1 Å². The van der Waals surface area contributed by atoms with E-state index in [9.17, 15) is 18.5 Å². The van der Waals surface area contributed by atoms with Gasteiger partial charge in [0.2, 0.25) is 10.0 Å². The van der Waals surface area contributed by atoms with Gasteiger partial charge in [0.1, 0.15) is 5.69 Å². The van der Waals surface area contributed by atoms with Gasteiger partial charge >= 0.3 is 0 Å². The Hall–Kier alpha value is -1.67. The van der Waals surface area contributed by atoms with E-state index in [2.05, 4.69) is 17.0 Å². The molecule has 2 fully saturated rings. The number of nitrogens with zero attached hydrogens (tertiary/aromatic N) is 1. The fourth-order valence-corrected chi connectivity index (χ4v) is 5.08. The van der Waals surface area contributed by atoms with Crippen molar-refractivity contribution in [2.45, 2.75) is 43.5 Å². The molecule has 0 unspecified atom stereocenters. The van der Waals surface area contributed by atoms with E-state index in [4.69, 9.17) is 0 Å². The number of rotatable bonds is 6. The van der Waals surface area contributed by atoms with Gasteiger partial charge in [-0.3, -0.25) is 10.1 Å². The van der Waals surface area contributed by atoms with Gasteiger partial charge in [-0.05, 0) is 63.1 Å². The van der Waals surface area contributed by atoms with Crippen molar-refractivity contribution in [1.29, 1.82) is 0 Å². The van der Waals surface area contributed by atoms with E-state index in [-0.39, 0.29) is 16.6 Å². The van der Waals surface area contributed by atoms with Crippen molar-refractivity contribution in [1.82, 2.24) is 4.72 Å². The molecule has 0 saturated heterocycles. The normalized spacial score (nSPS) is 27.2. The zero-order chi connectivity index (χ0) is 17.5. The van der Waals surface area contributed by atoms with E-state index in [0.717, 1.165) is 12.0 Å². The Morgan fingerprint density at radius 1 is 1.29 bits per heavy atom. The molecule has 0 amide bonds. The molecule has 7 nitrogen and oxygen atoms in total. The number of fused-ring (bicyclic) bond motifs is 2. The van der Waals surface area contributed by atoms with E-state index in [0.29, 0.717) is 17.5 Å². The fourth-order valence-electron chi connectivity index (χ4n) is 4.33. The van der Waals surface area contributed by atoms with Crippen LogP contribution in [-0.2, 0) is 10.0 Å². The Morgan fingerprint density at radius 3 is 2.58 bits per heavy atom. The highest BCUT2D eigenvalue weighted by atomic mass is 32.2. The van der Waals surface area contributed by atoms with Crippen molar-refractivity contribution in [2.24, 2.45) is 17.8 Å². The van der Waals surface area contributed by atoms with Crippen LogP contribution in [0.4, 0.5) is 11.4 Å². The van der Waals surface area contributed by atoms with Crippen LogP contribution in [-0.4, -0.2) is 26.4 Å². The molecule has 0 radical (unpaired) electrons. The Bertz CT molecular complexity index is 750. The first-order valence-corrected chi connectivity index (χ1v) is 9.78. The molecule has 2 aliphatic rings. The standard InChI is InChI=1S/C16H23N3O4S/c1-10(14-8-11-3-4-12(14)7-11)18-15-6-5-13(24(22,23)17-2)9-16(15)19(20)21/h5-6,9-12,14,17-18H,3-4,7-8H2,1-2H3/t10-,11+,12+,14+/m1/s1. The topological polar surface area (TPSA) is 101 Å². The minimum absolute atomic E-state index is 0.102. The molecule has 1 aromatic rings. The molecule has 2 bridgehead atoms. The lowest BCUT2D eigenvalue weighted by atomic mass is 9.84. The van der Waals surface area contributed by atoms with Crippen molar-refractivity contribution in [2.75, 3.05) is 12.4 Å². The number of anilines is 1. The van der Waals surface area contributed by atoms with Crippen LogP contribution in [0.15, 0.2) is 23.1 Å². The molecule has 0 aliphatic heterocycles. The summed E-state index contributed by atoms with van der Waals surface area (Å²) < 4.78 is 25.9.